The minimum atomic E-state index is -2.46. The van der Waals surface area contributed by atoms with Crippen LogP contribution in [-0.4, -0.2) is 47.0 Å². The maximum absolute atomic E-state index is 12.7. The molecular formula is C15H23F2N3O. The van der Waals surface area contributed by atoms with E-state index in [0.29, 0.717) is 18.3 Å². The minimum Gasteiger partial charge on any atom is -0.338 e. The van der Waals surface area contributed by atoms with E-state index in [4.69, 9.17) is 0 Å². The molecule has 0 saturated carbocycles. The Morgan fingerprint density at radius 1 is 1.52 bits per heavy atom. The Morgan fingerprint density at radius 2 is 2.29 bits per heavy atom. The highest BCUT2D eigenvalue weighted by atomic mass is 19.3. The number of carbonyl (C=O) groups is 1. The Morgan fingerprint density at radius 3 is 2.86 bits per heavy atom. The van der Waals surface area contributed by atoms with Gasteiger partial charge in [0.1, 0.15) is 5.69 Å². The predicted octanol–water partition coefficient (Wildman–Crippen LogP) is 2.36. The SMILES string of the molecule is CC(C)N(CC1CCCN1)C(=O)c1cccn1CC(F)F. The smallest absolute Gasteiger partial charge is 0.270 e. The summed E-state index contributed by atoms with van der Waals surface area (Å²) in [5, 5.41) is 3.37. The lowest BCUT2D eigenvalue weighted by molar-refractivity contribution is 0.0669. The van der Waals surface area contributed by atoms with Crippen LogP contribution in [0.3, 0.4) is 0 Å². The normalized spacial score (nSPS) is 18.7. The molecule has 1 N–H and O–H groups in total. The van der Waals surface area contributed by atoms with Gasteiger partial charge in [0.25, 0.3) is 12.3 Å². The Kier molecular flexibility index (Phi) is 5.33. The van der Waals surface area contributed by atoms with E-state index in [-0.39, 0.29) is 11.9 Å². The summed E-state index contributed by atoms with van der Waals surface area (Å²) < 4.78 is 26.5. The van der Waals surface area contributed by atoms with Crippen molar-refractivity contribution < 1.29 is 13.6 Å². The zero-order valence-electron chi connectivity index (χ0n) is 12.6. The molecule has 1 unspecified atom stereocenters. The average Bonchev–Trinajstić information content (AvgIpc) is 3.05. The molecule has 1 saturated heterocycles. The van der Waals surface area contributed by atoms with Crippen LogP contribution in [0.5, 0.6) is 0 Å². The third-order valence-corrected chi connectivity index (χ3v) is 3.85. The molecule has 2 heterocycles. The summed E-state index contributed by atoms with van der Waals surface area (Å²) in [6.45, 7) is 5.06. The lowest BCUT2D eigenvalue weighted by Gasteiger charge is -2.30. The van der Waals surface area contributed by atoms with Crippen LogP contribution in [0.15, 0.2) is 18.3 Å². The molecule has 0 spiro atoms. The number of nitrogens with one attached hydrogen (secondary N) is 1. The quantitative estimate of drug-likeness (QED) is 0.875. The summed E-state index contributed by atoms with van der Waals surface area (Å²) in [7, 11) is 0. The van der Waals surface area contributed by atoms with E-state index in [1.807, 2.05) is 13.8 Å². The van der Waals surface area contributed by atoms with Crippen molar-refractivity contribution in [3.05, 3.63) is 24.0 Å². The van der Waals surface area contributed by atoms with Crippen LogP contribution in [0, 0.1) is 0 Å². The topological polar surface area (TPSA) is 37.3 Å². The molecular weight excluding hydrogens is 276 g/mol. The fraction of sp³-hybridized carbons (Fsp3) is 0.667. The summed E-state index contributed by atoms with van der Waals surface area (Å²) in [5.41, 5.74) is 0.335. The Hall–Kier alpha value is -1.43. The first kappa shape index (κ1) is 15.9. The summed E-state index contributed by atoms with van der Waals surface area (Å²) in [6, 6.07) is 3.59. The standard InChI is InChI=1S/C15H23F2N3O/c1-11(2)20(9-12-5-3-7-18-12)15(21)13-6-4-8-19(13)10-14(16)17/h4,6,8,11-12,14,18H,3,5,7,9-10H2,1-2H3. The van der Waals surface area contributed by atoms with E-state index in [1.165, 1.54) is 10.8 Å². The molecule has 2 rings (SSSR count). The molecule has 1 amide bonds. The number of amides is 1. The van der Waals surface area contributed by atoms with E-state index < -0.39 is 13.0 Å². The van der Waals surface area contributed by atoms with Crippen molar-refractivity contribution in [2.45, 2.75) is 51.7 Å². The fourth-order valence-electron chi connectivity index (χ4n) is 2.74. The third-order valence-electron chi connectivity index (χ3n) is 3.85. The van der Waals surface area contributed by atoms with Crippen LogP contribution in [0.2, 0.25) is 0 Å². The van der Waals surface area contributed by atoms with Crippen LogP contribution < -0.4 is 5.32 Å². The van der Waals surface area contributed by atoms with Crippen LogP contribution in [-0.2, 0) is 6.54 Å². The molecule has 1 aromatic heterocycles. The van der Waals surface area contributed by atoms with Crippen molar-refractivity contribution in [2.24, 2.45) is 0 Å². The lowest BCUT2D eigenvalue weighted by atomic mass is 10.1. The van der Waals surface area contributed by atoms with E-state index in [0.717, 1.165) is 19.4 Å². The number of nitrogens with zero attached hydrogens (tertiary/aromatic N) is 2. The number of aromatic nitrogens is 1. The van der Waals surface area contributed by atoms with Crippen LogP contribution >= 0.6 is 0 Å². The van der Waals surface area contributed by atoms with Crippen molar-refractivity contribution in [2.75, 3.05) is 13.1 Å². The molecule has 1 aromatic rings. The van der Waals surface area contributed by atoms with Crippen molar-refractivity contribution in [1.82, 2.24) is 14.8 Å². The number of alkyl halides is 2. The number of hydrogen-bond acceptors (Lipinski definition) is 2. The van der Waals surface area contributed by atoms with Gasteiger partial charge in [-0.3, -0.25) is 4.79 Å². The predicted molar refractivity (Wildman–Crippen MR) is 77.6 cm³/mol. The molecule has 1 aliphatic heterocycles. The van der Waals surface area contributed by atoms with Gasteiger partial charge in [-0.15, -0.1) is 0 Å². The summed E-state index contributed by atoms with van der Waals surface area (Å²) in [6.07, 6.45) is 1.24. The number of hydrogen-bond donors (Lipinski definition) is 1. The number of rotatable bonds is 6. The molecule has 0 aliphatic carbocycles. The molecule has 6 heteroatoms. The molecule has 1 aliphatic rings. The molecule has 1 fully saturated rings. The Labute approximate surface area is 124 Å². The third kappa shape index (κ3) is 4.03. The Balaban J connectivity index is 2.12. The molecule has 0 bridgehead atoms. The first-order valence-corrected chi connectivity index (χ1v) is 7.46. The van der Waals surface area contributed by atoms with Crippen molar-refractivity contribution in [1.29, 1.82) is 0 Å². The highest BCUT2D eigenvalue weighted by Crippen LogP contribution is 2.15. The van der Waals surface area contributed by atoms with Crippen molar-refractivity contribution in [3.8, 4) is 0 Å². The second-order valence-corrected chi connectivity index (χ2v) is 5.78. The van der Waals surface area contributed by atoms with E-state index in [9.17, 15) is 13.6 Å². The summed E-state index contributed by atoms with van der Waals surface area (Å²) >= 11 is 0. The first-order valence-electron chi connectivity index (χ1n) is 7.46. The van der Waals surface area contributed by atoms with Gasteiger partial charge in [0, 0.05) is 24.8 Å². The second-order valence-electron chi connectivity index (χ2n) is 5.78. The van der Waals surface area contributed by atoms with E-state index in [1.54, 1.807) is 17.0 Å². The number of halogens is 2. The zero-order chi connectivity index (χ0) is 15.4. The van der Waals surface area contributed by atoms with Gasteiger partial charge in [0.15, 0.2) is 0 Å². The first-order chi connectivity index (χ1) is 9.99. The molecule has 118 valence electrons. The van der Waals surface area contributed by atoms with Gasteiger partial charge < -0.3 is 14.8 Å². The van der Waals surface area contributed by atoms with Crippen LogP contribution in [0.25, 0.3) is 0 Å². The molecule has 21 heavy (non-hydrogen) atoms. The van der Waals surface area contributed by atoms with E-state index >= 15 is 0 Å². The van der Waals surface area contributed by atoms with Crippen LogP contribution in [0.1, 0.15) is 37.2 Å². The summed E-state index contributed by atoms with van der Waals surface area (Å²) in [4.78, 5) is 14.4. The van der Waals surface area contributed by atoms with Gasteiger partial charge in [0.05, 0.1) is 6.54 Å². The average molecular weight is 299 g/mol. The highest BCUT2D eigenvalue weighted by Gasteiger charge is 2.26. The Bertz CT molecular complexity index is 467. The maximum Gasteiger partial charge on any atom is 0.270 e. The van der Waals surface area contributed by atoms with Crippen molar-refractivity contribution in [3.63, 3.8) is 0 Å². The van der Waals surface area contributed by atoms with Crippen LogP contribution in [0.4, 0.5) is 8.78 Å². The molecule has 0 aromatic carbocycles. The maximum atomic E-state index is 12.7. The van der Waals surface area contributed by atoms with Gasteiger partial charge in [-0.25, -0.2) is 8.78 Å². The zero-order valence-corrected chi connectivity index (χ0v) is 12.6. The van der Waals surface area contributed by atoms with Gasteiger partial charge in [-0.05, 0) is 45.4 Å². The van der Waals surface area contributed by atoms with Gasteiger partial charge in [-0.2, -0.15) is 0 Å². The second kappa shape index (κ2) is 7.02. The molecule has 1 atom stereocenters. The van der Waals surface area contributed by atoms with Crippen molar-refractivity contribution >= 4 is 5.91 Å². The van der Waals surface area contributed by atoms with Gasteiger partial charge in [-0.1, -0.05) is 0 Å². The monoisotopic (exact) mass is 299 g/mol. The number of carbonyl (C=O) groups excluding carboxylic acids is 1. The fourth-order valence-corrected chi connectivity index (χ4v) is 2.74. The molecule has 0 radical (unpaired) electrons. The van der Waals surface area contributed by atoms with Gasteiger partial charge >= 0.3 is 0 Å². The van der Waals surface area contributed by atoms with E-state index in [2.05, 4.69) is 5.32 Å². The molecule has 4 nitrogen and oxygen atoms in total. The lowest BCUT2D eigenvalue weighted by Crippen LogP contribution is -2.45. The minimum absolute atomic E-state index is 0.0369. The van der Waals surface area contributed by atoms with Gasteiger partial charge in [0.2, 0.25) is 0 Å². The largest absolute Gasteiger partial charge is 0.338 e. The highest BCUT2D eigenvalue weighted by molar-refractivity contribution is 5.93. The summed E-state index contributed by atoms with van der Waals surface area (Å²) in [5.74, 6) is -0.177.